The second-order valence-electron chi connectivity index (χ2n) is 6.17. The van der Waals surface area contributed by atoms with E-state index >= 15 is 0 Å². The summed E-state index contributed by atoms with van der Waals surface area (Å²) in [6, 6.07) is 34.4. The normalized spacial score (nSPS) is 12.7. The van der Waals surface area contributed by atoms with Gasteiger partial charge in [-0.2, -0.15) is 0 Å². The zero-order valence-corrected chi connectivity index (χ0v) is 16.5. The van der Waals surface area contributed by atoms with Gasteiger partial charge in [0, 0.05) is 0 Å². The van der Waals surface area contributed by atoms with Crippen LogP contribution in [0, 0.1) is 11.3 Å². The minimum absolute atomic E-state index is 0.565. The van der Waals surface area contributed by atoms with Crippen molar-refractivity contribution < 1.29 is 0 Å². The van der Waals surface area contributed by atoms with Crippen molar-refractivity contribution in [2.24, 2.45) is 0 Å². The Morgan fingerprint density at radius 2 is 1.04 bits per heavy atom. The zero-order valence-electron chi connectivity index (χ0n) is 14.1. The Kier molecular flexibility index (Phi) is 5.38. The number of hydrogen-bond donors (Lipinski definition) is 0. The molecule has 0 fully saturated rings. The standard InChI is InChI=1S/C22H21BrNP/c23-25(19-11-10-18-24,20-12-4-1-5-13-20,21-14-6-2-7-15-21)22-16-8-3-9-17-22/h1-9,12-17H,10-11,19H2. The van der Waals surface area contributed by atoms with Gasteiger partial charge in [-0.25, -0.2) is 0 Å². The molecule has 0 amide bonds. The van der Waals surface area contributed by atoms with Crippen LogP contribution in [0.25, 0.3) is 0 Å². The van der Waals surface area contributed by atoms with Crippen LogP contribution in [-0.4, -0.2) is 6.16 Å². The molecule has 0 N–H and O–H groups in total. The van der Waals surface area contributed by atoms with Crippen LogP contribution in [0.15, 0.2) is 91.0 Å². The maximum atomic E-state index is 9.11. The third kappa shape index (κ3) is 3.15. The molecule has 0 aromatic heterocycles. The molecule has 3 heteroatoms. The van der Waals surface area contributed by atoms with Crippen LogP contribution in [0.3, 0.4) is 0 Å². The molecular weight excluding hydrogens is 389 g/mol. The Morgan fingerprint density at radius 3 is 1.36 bits per heavy atom. The van der Waals surface area contributed by atoms with Crippen molar-refractivity contribution in [3.63, 3.8) is 0 Å². The van der Waals surface area contributed by atoms with Crippen LogP contribution in [0.5, 0.6) is 0 Å². The summed E-state index contributed by atoms with van der Waals surface area (Å²) in [4.78, 5) is 0. The van der Waals surface area contributed by atoms with Gasteiger partial charge in [-0.3, -0.25) is 0 Å². The van der Waals surface area contributed by atoms with Crippen molar-refractivity contribution in [3.05, 3.63) is 91.0 Å². The molecule has 0 bridgehead atoms. The van der Waals surface area contributed by atoms with Crippen molar-refractivity contribution in [3.8, 4) is 6.07 Å². The summed E-state index contributed by atoms with van der Waals surface area (Å²) in [5, 5.41) is 10.2. The van der Waals surface area contributed by atoms with E-state index in [-0.39, 0.29) is 0 Å². The fraction of sp³-hybridized carbons (Fsp3) is 0.136. The second kappa shape index (κ2) is 7.52. The van der Waals surface area contributed by atoms with Crippen LogP contribution in [0.2, 0.25) is 0 Å². The van der Waals surface area contributed by atoms with E-state index in [1.54, 1.807) is 0 Å². The molecule has 0 atom stereocenters. The van der Waals surface area contributed by atoms with Crippen LogP contribution in [0.4, 0.5) is 0 Å². The fourth-order valence-corrected chi connectivity index (χ4v) is 11.2. The molecule has 3 rings (SSSR count). The molecule has 0 saturated heterocycles. The Morgan fingerprint density at radius 1 is 0.680 bits per heavy atom. The van der Waals surface area contributed by atoms with Crippen LogP contribution < -0.4 is 15.9 Å². The van der Waals surface area contributed by atoms with Crippen molar-refractivity contribution in [1.82, 2.24) is 0 Å². The zero-order chi connectivity index (χ0) is 17.6. The van der Waals surface area contributed by atoms with E-state index in [2.05, 4.69) is 113 Å². The Hall–Kier alpha value is -1.94. The van der Waals surface area contributed by atoms with Crippen molar-refractivity contribution in [2.75, 3.05) is 6.16 Å². The van der Waals surface area contributed by atoms with Gasteiger partial charge in [0.05, 0.1) is 0 Å². The number of unbranched alkanes of at least 4 members (excludes halogenated alkanes) is 1. The molecular formula is C22H21BrNP. The predicted octanol–water partition coefficient (Wildman–Crippen LogP) is 5.13. The monoisotopic (exact) mass is 409 g/mol. The molecule has 3 aromatic rings. The van der Waals surface area contributed by atoms with Gasteiger partial charge < -0.3 is 0 Å². The van der Waals surface area contributed by atoms with Gasteiger partial charge in [0.2, 0.25) is 0 Å². The summed E-state index contributed by atoms with van der Waals surface area (Å²) in [5.41, 5.74) is 0. The van der Waals surface area contributed by atoms with Crippen molar-refractivity contribution >= 4 is 36.7 Å². The van der Waals surface area contributed by atoms with Crippen LogP contribution in [-0.2, 0) is 0 Å². The number of benzene rings is 3. The van der Waals surface area contributed by atoms with Gasteiger partial charge in [0.1, 0.15) is 0 Å². The number of nitriles is 1. The molecule has 25 heavy (non-hydrogen) atoms. The molecule has 0 saturated carbocycles. The number of rotatable bonds is 6. The third-order valence-corrected chi connectivity index (χ3v) is 14.8. The topological polar surface area (TPSA) is 23.8 Å². The third-order valence-electron chi connectivity index (χ3n) is 4.75. The summed E-state index contributed by atoms with van der Waals surface area (Å²) in [7, 11) is 0. The number of nitrogens with zero attached hydrogens (tertiary/aromatic N) is 1. The predicted molar refractivity (Wildman–Crippen MR) is 114 cm³/mol. The summed E-state index contributed by atoms with van der Waals surface area (Å²) in [6.07, 6.45) is 2.35. The summed E-state index contributed by atoms with van der Waals surface area (Å²) >= 11 is 4.37. The number of halogens is 1. The molecule has 0 radical (unpaired) electrons. The molecule has 0 heterocycles. The Labute approximate surface area is 158 Å². The maximum absolute atomic E-state index is 9.11. The molecule has 0 aliphatic rings. The summed E-state index contributed by atoms with van der Waals surface area (Å²) < 4.78 is 0. The first-order valence-electron chi connectivity index (χ1n) is 8.47. The average molecular weight is 410 g/mol. The molecule has 0 aliphatic heterocycles. The van der Waals surface area contributed by atoms with Gasteiger partial charge in [0.25, 0.3) is 0 Å². The first-order chi connectivity index (χ1) is 12.2. The van der Waals surface area contributed by atoms with Gasteiger partial charge in [-0.1, -0.05) is 0 Å². The molecule has 3 aromatic carbocycles. The molecule has 0 aliphatic carbocycles. The fourth-order valence-electron chi connectivity index (χ4n) is 3.51. The van der Waals surface area contributed by atoms with E-state index in [9.17, 15) is 0 Å². The SMILES string of the molecule is N#CCCCP(Br)(c1ccccc1)(c1ccccc1)c1ccccc1. The second-order valence-corrected chi connectivity index (χ2v) is 15.2. The Bertz CT molecular complexity index is 757. The van der Waals surface area contributed by atoms with E-state index < -0.39 is 5.31 Å². The molecule has 0 unspecified atom stereocenters. The van der Waals surface area contributed by atoms with E-state index in [1.807, 2.05) is 0 Å². The van der Waals surface area contributed by atoms with Crippen molar-refractivity contribution in [2.45, 2.75) is 12.8 Å². The quantitative estimate of drug-likeness (QED) is 0.408. The van der Waals surface area contributed by atoms with Gasteiger partial charge in [-0.05, 0) is 0 Å². The van der Waals surface area contributed by atoms with Crippen LogP contribution >= 0.6 is 20.8 Å². The number of hydrogen-bond acceptors (Lipinski definition) is 1. The van der Waals surface area contributed by atoms with E-state index in [1.165, 1.54) is 15.9 Å². The minimum atomic E-state index is -2.81. The molecule has 1 nitrogen and oxygen atoms in total. The van der Waals surface area contributed by atoms with Crippen LogP contribution in [0.1, 0.15) is 12.8 Å². The summed E-state index contributed by atoms with van der Waals surface area (Å²) in [6.45, 7) is 0. The van der Waals surface area contributed by atoms with E-state index in [4.69, 9.17) is 5.26 Å². The van der Waals surface area contributed by atoms with Gasteiger partial charge >= 0.3 is 158 Å². The first kappa shape index (κ1) is 17.9. The van der Waals surface area contributed by atoms with Gasteiger partial charge in [0.15, 0.2) is 0 Å². The van der Waals surface area contributed by atoms with Crippen molar-refractivity contribution in [1.29, 1.82) is 5.26 Å². The first-order valence-corrected chi connectivity index (χ1v) is 12.9. The van der Waals surface area contributed by atoms with E-state index in [0.29, 0.717) is 6.42 Å². The summed E-state index contributed by atoms with van der Waals surface area (Å²) in [5.74, 6) is 0. The Balaban J connectivity index is 2.34. The van der Waals surface area contributed by atoms with E-state index in [0.717, 1.165) is 12.6 Å². The van der Waals surface area contributed by atoms with Gasteiger partial charge in [-0.15, -0.1) is 0 Å². The molecule has 0 spiro atoms. The molecule has 126 valence electrons. The average Bonchev–Trinajstić information content (AvgIpc) is 2.70.